The second kappa shape index (κ2) is 3.94. The average molecular weight is 146 g/mol. The van der Waals surface area contributed by atoms with Crippen LogP contribution in [-0.2, 0) is 4.74 Å². The minimum Gasteiger partial charge on any atom is -0.390 e. The van der Waals surface area contributed by atoms with Crippen molar-refractivity contribution in [3.8, 4) is 0 Å². The van der Waals surface area contributed by atoms with E-state index in [2.05, 4.69) is 0 Å². The molecular formula is C8H18O2. The molecule has 0 saturated heterocycles. The first-order valence-corrected chi connectivity index (χ1v) is 3.74. The highest BCUT2D eigenvalue weighted by Gasteiger charge is 2.21. The maximum atomic E-state index is 9.39. The van der Waals surface area contributed by atoms with Crippen molar-refractivity contribution < 1.29 is 9.84 Å². The third kappa shape index (κ3) is 3.85. The smallest absolute Gasteiger partial charge is 0.0821 e. The zero-order valence-corrected chi connectivity index (χ0v) is 7.35. The molecule has 0 spiro atoms. The molecule has 0 amide bonds. The molecule has 0 aromatic carbocycles. The largest absolute Gasteiger partial charge is 0.390 e. The Labute approximate surface area is 63.2 Å². The van der Waals surface area contributed by atoms with Gasteiger partial charge in [0.2, 0.25) is 0 Å². The van der Waals surface area contributed by atoms with E-state index in [0.29, 0.717) is 13.2 Å². The third-order valence-corrected chi connectivity index (χ3v) is 1.48. The highest BCUT2D eigenvalue weighted by Crippen LogP contribution is 2.18. The Kier molecular flexibility index (Phi) is 3.91. The van der Waals surface area contributed by atoms with Gasteiger partial charge in [0.1, 0.15) is 0 Å². The molecule has 0 radical (unpaired) electrons. The van der Waals surface area contributed by atoms with Crippen LogP contribution in [0.3, 0.4) is 0 Å². The lowest BCUT2D eigenvalue weighted by Gasteiger charge is -2.25. The Morgan fingerprint density at radius 1 is 1.40 bits per heavy atom. The molecule has 1 N–H and O–H groups in total. The van der Waals surface area contributed by atoms with E-state index in [1.165, 1.54) is 0 Å². The van der Waals surface area contributed by atoms with Gasteiger partial charge in [-0.25, -0.2) is 0 Å². The molecule has 2 nitrogen and oxygen atoms in total. The molecule has 0 aromatic heterocycles. The van der Waals surface area contributed by atoms with Crippen LogP contribution < -0.4 is 0 Å². The van der Waals surface area contributed by atoms with E-state index in [1.807, 2.05) is 27.7 Å². The lowest BCUT2D eigenvalue weighted by molar-refractivity contribution is -0.0169. The van der Waals surface area contributed by atoms with Crippen LogP contribution in [0, 0.1) is 5.41 Å². The standard InChI is InChI=1S/C8H18O2/c1-5-10-6-7(9)8(2,3)4/h7,9H,5-6H2,1-4H3. The van der Waals surface area contributed by atoms with Gasteiger partial charge in [0.15, 0.2) is 0 Å². The van der Waals surface area contributed by atoms with Crippen LogP contribution in [0.5, 0.6) is 0 Å². The van der Waals surface area contributed by atoms with E-state index >= 15 is 0 Å². The first kappa shape index (κ1) is 9.92. The minimum atomic E-state index is -0.354. The average Bonchev–Trinajstić information content (AvgIpc) is 1.80. The van der Waals surface area contributed by atoms with Gasteiger partial charge in [-0.2, -0.15) is 0 Å². The van der Waals surface area contributed by atoms with Gasteiger partial charge in [-0.05, 0) is 12.3 Å². The van der Waals surface area contributed by atoms with Crippen LogP contribution in [0.25, 0.3) is 0 Å². The van der Waals surface area contributed by atoms with Crippen molar-refractivity contribution in [2.24, 2.45) is 5.41 Å². The summed E-state index contributed by atoms with van der Waals surface area (Å²) in [4.78, 5) is 0. The summed E-state index contributed by atoms with van der Waals surface area (Å²) in [6, 6.07) is 0. The molecule has 0 aliphatic rings. The topological polar surface area (TPSA) is 29.5 Å². The van der Waals surface area contributed by atoms with E-state index in [1.54, 1.807) is 0 Å². The maximum absolute atomic E-state index is 9.39. The monoisotopic (exact) mass is 146 g/mol. The van der Waals surface area contributed by atoms with Crippen LogP contribution in [0.1, 0.15) is 27.7 Å². The van der Waals surface area contributed by atoms with E-state index in [-0.39, 0.29) is 11.5 Å². The van der Waals surface area contributed by atoms with Crippen LogP contribution in [0.15, 0.2) is 0 Å². The molecule has 0 rings (SSSR count). The van der Waals surface area contributed by atoms with Crippen molar-refractivity contribution in [1.82, 2.24) is 0 Å². The lowest BCUT2D eigenvalue weighted by Crippen LogP contribution is -2.30. The van der Waals surface area contributed by atoms with Crippen molar-refractivity contribution in [3.63, 3.8) is 0 Å². The van der Waals surface area contributed by atoms with Crippen LogP contribution in [0.4, 0.5) is 0 Å². The van der Waals surface area contributed by atoms with Crippen molar-refractivity contribution in [2.45, 2.75) is 33.8 Å². The molecule has 62 valence electrons. The molecule has 0 fully saturated rings. The van der Waals surface area contributed by atoms with Gasteiger partial charge in [0.25, 0.3) is 0 Å². The van der Waals surface area contributed by atoms with Gasteiger partial charge >= 0.3 is 0 Å². The lowest BCUT2D eigenvalue weighted by atomic mass is 9.90. The summed E-state index contributed by atoms with van der Waals surface area (Å²) in [7, 11) is 0. The van der Waals surface area contributed by atoms with Crippen molar-refractivity contribution in [2.75, 3.05) is 13.2 Å². The van der Waals surface area contributed by atoms with Crippen LogP contribution >= 0.6 is 0 Å². The minimum absolute atomic E-state index is 0.0603. The second-order valence-corrected chi connectivity index (χ2v) is 3.54. The molecule has 0 saturated carbocycles. The van der Waals surface area contributed by atoms with Gasteiger partial charge in [0, 0.05) is 6.61 Å². The molecular weight excluding hydrogens is 128 g/mol. The highest BCUT2D eigenvalue weighted by molar-refractivity contribution is 4.71. The summed E-state index contributed by atoms with van der Waals surface area (Å²) in [6.07, 6.45) is -0.354. The summed E-state index contributed by atoms with van der Waals surface area (Å²) in [5, 5.41) is 9.39. The summed E-state index contributed by atoms with van der Waals surface area (Å²) in [5.74, 6) is 0. The molecule has 0 aliphatic heterocycles. The zero-order chi connectivity index (χ0) is 8.20. The number of rotatable bonds is 3. The number of aliphatic hydroxyl groups excluding tert-OH is 1. The molecule has 0 aromatic rings. The first-order valence-electron chi connectivity index (χ1n) is 3.74. The Morgan fingerprint density at radius 2 is 1.90 bits per heavy atom. The van der Waals surface area contributed by atoms with Crippen LogP contribution in [-0.4, -0.2) is 24.4 Å². The molecule has 10 heavy (non-hydrogen) atoms. The predicted octanol–water partition coefficient (Wildman–Crippen LogP) is 1.43. The molecule has 2 heteroatoms. The Bertz CT molecular complexity index is 83.7. The van der Waals surface area contributed by atoms with Crippen molar-refractivity contribution >= 4 is 0 Å². The Hall–Kier alpha value is -0.0800. The van der Waals surface area contributed by atoms with Crippen molar-refractivity contribution in [3.05, 3.63) is 0 Å². The quantitative estimate of drug-likeness (QED) is 0.652. The number of hydrogen-bond donors (Lipinski definition) is 1. The molecule has 0 heterocycles. The molecule has 0 aliphatic carbocycles. The molecule has 1 unspecified atom stereocenters. The third-order valence-electron chi connectivity index (χ3n) is 1.48. The highest BCUT2D eigenvalue weighted by atomic mass is 16.5. The summed E-state index contributed by atoms with van der Waals surface area (Å²) < 4.78 is 5.07. The molecule has 0 bridgehead atoms. The summed E-state index contributed by atoms with van der Waals surface area (Å²) in [5.41, 5.74) is -0.0603. The zero-order valence-electron chi connectivity index (χ0n) is 7.35. The number of ether oxygens (including phenoxy) is 1. The fourth-order valence-corrected chi connectivity index (χ4v) is 0.479. The fourth-order valence-electron chi connectivity index (χ4n) is 0.479. The van der Waals surface area contributed by atoms with E-state index in [4.69, 9.17) is 4.74 Å². The summed E-state index contributed by atoms with van der Waals surface area (Å²) >= 11 is 0. The second-order valence-electron chi connectivity index (χ2n) is 3.54. The number of aliphatic hydroxyl groups is 1. The van der Waals surface area contributed by atoms with Gasteiger partial charge in [0.05, 0.1) is 12.7 Å². The summed E-state index contributed by atoms with van der Waals surface area (Å²) in [6.45, 7) is 9.03. The SMILES string of the molecule is CCOCC(O)C(C)(C)C. The fraction of sp³-hybridized carbons (Fsp3) is 1.00. The van der Waals surface area contributed by atoms with Crippen molar-refractivity contribution in [1.29, 1.82) is 0 Å². The van der Waals surface area contributed by atoms with E-state index < -0.39 is 0 Å². The van der Waals surface area contributed by atoms with Gasteiger partial charge < -0.3 is 9.84 Å². The van der Waals surface area contributed by atoms with E-state index in [9.17, 15) is 5.11 Å². The normalized spacial score (nSPS) is 15.3. The maximum Gasteiger partial charge on any atom is 0.0821 e. The van der Waals surface area contributed by atoms with E-state index in [0.717, 1.165) is 0 Å². The first-order chi connectivity index (χ1) is 4.48. The Morgan fingerprint density at radius 3 is 2.20 bits per heavy atom. The van der Waals surface area contributed by atoms with Gasteiger partial charge in [-0.15, -0.1) is 0 Å². The van der Waals surface area contributed by atoms with Gasteiger partial charge in [-0.1, -0.05) is 20.8 Å². The Balaban J connectivity index is 3.52. The molecule has 1 atom stereocenters. The number of hydrogen-bond acceptors (Lipinski definition) is 2. The van der Waals surface area contributed by atoms with Crippen LogP contribution in [0.2, 0.25) is 0 Å². The predicted molar refractivity (Wildman–Crippen MR) is 42.0 cm³/mol. The van der Waals surface area contributed by atoms with Gasteiger partial charge in [-0.3, -0.25) is 0 Å².